The second kappa shape index (κ2) is 9.48. The Morgan fingerprint density at radius 3 is 2.32 bits per heavy atom. The third-order valence-corrected chi connectivity index (χ3v) is 2.69. The minimum absolute atomic E-state index is 0.201. The molecular weight excluding hydrogens is 339 g/mol. The molecule has 0 aliphatic heterocycles. The van der Waals surface area contributed by atoms with E-state index in [1.807, 2.05) is 0 Å². The van der Waals surface area contributed by atoms with E-state index < -0.39 is 6.08 Å². The molecule has 0 spiro atoms. The molecule has 4 nitrogen and oxygen atoms in total. The van der Waals surface area contributed by atoms with E-state index in [4.69, 9.17) is 37.5 Å². The topological polar surface area (TPSA) is 40.0 Å². The van der Waals surface area contributed by atoms with Crippen molar-refractivity contribution in [2.45, 2.75) is 13.8 Å². The third kappa shape index (κ3) is 6.95. The summed E-state index contributed by atoms with van der Waals surface area (Å²) in [4.78, 5) is 4.97. The number of ether oxygens (including phenoxy) is 2. The van der Waals surface area contributed by atoms with Crippen LogP contribution in [0, 0.1) is 0 Å². The Labute approximate surface area is 137 Å². The van der Waals surface area contributed by atoms with E-state index in [1.54, 1.807) is 13.8 Å². The fourth-order valence-corrected chi connectivity index (χ4v) is 1.89. The summed E-state index contributed by atoms with van der Waals surface area (Å²) in [5.74, 6) is 0.533. The molecule has 0 aliphatic rings. The molecule has 0 amide bonds. The molecular formula is C14H15Cl2F2NO3. The van der Waals surface area contributed by atoms with E-state index in [0.717, 1.165) is 5.71 Å². The fourth-order valence-electron chi connectivity index (χ4n) is 1.31. The molecule has 0 atom stereocenters. The van der Waals surface area contributed by atoms with E-state index in [9.17, 15) is 8.78 Å². The van der Waals surface area contributed by atoms with Gasteiger partial charge in [-0.15, -0.1) is 0 Å². The summed E-state index contributed by atoms with van der Waals surface area (Å²) in [5.41, 5.74) is 0.788. The molecule has 0 N–H and O–H groups in total. The quantitative estimate of drug-likeness (QED) is 0.377. The average Bonchev–Trinajstić information content (AvgIpc) is 2.40. The van der Waals surface area contributed by atoms with Crippen molar-refractivity contribution in [2.75, 3.05) is 19.8 Å². The second-order valence-corrected chi connectivity index (χ2v) is 5.06. The van der Waals surface area contributed by atoms with Crippen LogP contribution in [0.5, 0.6) is 11.5 Å². The van der Waals surface area contributed by atoms with Gasteiger partial charge in [-0.1, -0.05) is 28.4 Å². The highest BCUT2D eigenvalue weighted by Crippen LogP contribution is 2.36. The predicted molar refractivity (Wildman–Crippen MR) is 82.5 cm³/mol. The Kier molecular flexibility index (Phi) is 7.98. The first-order valence-corrected chi connectivity index (χ1v) is 7.04. The van der Waals surface area contributed by atoms with Crippen LogP contribution < -0.4 is 9.47 Å². The van der Waals surface area contributed by atoms with Gasteiger partial charge in [0.2, 0.25) is 0 Å². The van der Waals surface area contributed by atoms with Gasteiger partial charge in [0, 0.05) is 18.2 Å². The normalized spacial score (nSPS) is 9.91. The summed E-state index contributed by atoms with van der Waals surface area (Å²) < 4.78 is 34.3. The molecule has 8 heteroatoms. The van der Waals surface area contributed by atoms with Gasteiger partial charge in [0.1, 0.15) is 19.0 Å². The van der Waals surface area contributed by atoms with Crippen LogP contribution in [-0.4, -0.2) is 25.5 Å². The van der Waals surface area contributed by atoms with Gasteiger partial charge in [-0.05, 0) is 13.8 Å². The van der Waals surface area contributed by atoms with Gasteiger partial charge in [-0.2, -0.15) is 8.78 Å². The van der Waals surface area contributed by atoms with E-state index >= 15 is 0 Å². The summed E-state index contributed by atoms with van der Waals surface area (Å²) in [7, 11) is 0. The SMILES string of the molecule is CC(C)=NOCCOc1c(Cl)cc(OCC=C(F)F)cc1Cl. The van der Waals surface area contributed by atoms with Gasteiger partial charge < -0.3 is 14.3 Å². The van der Waals surface area contributed by atoms with Crippen LogP contribution in [0.1, 0.15) is 13.8 Å². The van der Waals surface area contributed by atoms with Crippen molar-refractivity contribution in [1.29, 1.82) is 0 Å². The minimum Gasteiger partial charge on any atom is -0.489 e. The zero-order valence-corrected chi connectivity index (χ0v) is 13.5. The molecule has 122 valence electrons. The van der Waals surface area contributed by atoms with E-state index in [0.29, 0.717) is 6.08 Å². The van der Waals surface area contributed by atoms with Gasteiger partial charge in [-0.25, -0.2) is 0 Å². The maximum atomic E-state index is 11.9. The number of oxime groups is 1. The van der Waals surface area contributed by atoms with Crippen LogP contribution in [0.25, 0.3) is 0 Å². The first-order valence-electron chi connectivity index (χ1n) is 6.29. The molecule has 1 rings (SSSR count). The zero-order valence-electron chi connectivity index (χ0n) is 12.0. The number of hydrogen-bond acceptors (Lipinski definition) is 4. The van der Waals surface area contributed by atoms with Gasteiger partial charge in [0.25, 0.3) is 6.08 Å². The number of benzene rings is 1. The molecule has 0 radical (unpaired) electrons. The van der Waals surface area contributed by atoms with Gasteiger partial charge in [-0.3, -0.25) is 0 Å². The average molecular weight is 354 g/mol. The number of rotatable bonds is 8. The number of nitrogens with zero attached hydrogens (tertiary/aromatic N) is 1. The van der Waals surface area contributed by atoms with Crippen LogP contribution in [0.15, 0.2) is 29.4 Å². The largest absolute Gasteiger partial charge is 0.489 e. The maximum absolute atomic E-state index is 11.9. The third-order valence-electron chi connectivity index (χ3n) is 2.13. The molecule has 1 aromatic rings. The van der Waals surface area contributed by atoms with Crippen molar-refractivity contribution in [3.63, 3.8) is 0 Å². The lowest BCUT2D eigenvalue weighted by atomic mass is 10.3. The molecule has 0 saturated heterocycles. The lowest BCUT2D eigenvalue weighted by molar-refractivity contribution is 0.107. The maximum Gasteiger partial charge on any atom is 0.269 e. The Morgan fingerprint density at radius 2 is 1.77 bits per heavy atom. The summed E-state index contributed by atoms with van der Waals surface area (Å²) in [5, 5.41) is 4.17. The van der Waals surface area contributed by atoms with Crippen LogP contribution in [0.3, 0.4) is 0 Å². The van der Waals surface area contributed by atoms with Crippen molar-refractivity contribution in [3.05, 3.63) is 34.3 Å². The summed E-state index contributed by atoms with van der Waals surface area (Å²) >= 11 is 12.0. The first kappa shape index (κ1) is 18.5. The van der Waals surface area contributed by atoms with Crippen LogP contribution >= 0.6 is 23.2 Å². The molecule has 0 aromatic heterocycles. The van der Waals surface area contributed by atoms with Crippen LogP contribution in [0.4, 0.5) is 8.78 Å². The fraction of sp³-hybridized carbons (Fsp3) is 0.357. The van der Waals surface area contributed by atoms with E-state index in [-0.39, 0.29) is 41.4 Å². The molecule has 0 heterocycles. The van der Waals surface area contributed by atoms with Gasteiger partial charge in [0.05, 0.1) is 15.8 Å². The summed E-state index contributed by atoms with van der Waals surface area (Å²) in [6, 6.07) is 2.86. The van der Waals surface area contributed by atoms with Crippen molar-refractivity contribution in [1.82, 2.24) is 0 Å². The molecule has 22 heavy (non-hydrogen) atoms. The molecule has 0 fully saturated rings. The number of halogens is 4. The lowest BCUT2D eigenvalue weighted by Gasteiger charge is -2.11. The van der Waals surface area contributed by atoms with Crippen molar-refractivity contribution < 1.29 is 23.1 Å². The zero-order chi connectivity index (χ0) is 16.5. The smallest absolute Gasteiger partial charge is 0.269 e. The van der Waals surface area contributed by atoms with E-state index in [1.165, 1.54) is 12.1 Å². The van der Waals surface area contributed by atoms with Gasteiger partial charge in [0.15, 0.2) is 12.4 Å². The molecule has 0 unspecified atom stereocenters. The predicted octanol–water partition coefficient (Wildman–Crippen LogP) is 4.94. The minimum atomic E-state index is -1.82. The monoisotopic (exact) mass is 353 g/mol. The highest BCUT2D eigenvalue weighted by molar-refractivity contribution is 6.37. The van der Waals surface area contributed by atoms with Crippen LogP contribution in [0.2, 0.25) is 10.0 Å². The molecule has 1 aromatic carbocycles. The Morgan fingerprint density at radius 1 is 1.14 bits per heavy atom. The van der Waals surface area contributed by atoms with Crippen molar-refractivity contribution in [3.8, 4) is 11.5 Å². The first-order chi connectivity index (χ1) is 10.4. The highest BCUT2D eigenvalue weighted by Gasteiger charge is 2.10. The Balaban J connectivity index is 2.58. The molecule has 0 bridgehead atoms. The van der Waals surface area contributed by atoms with Gasteiger partial charge >= 0.3 is 0 Å². The number of hydrogen-bond donors (Lipinski definition) is 0. The van der Waals surface area contributed by atoms with E-state index in [2.05, 4.69) is 5.16 Å². The van der Waals surface area contributed by atoms with Crippen LogP contribution in [-0.2, 0) is 4.84 Å². The molecule has 0 aliphatic carbocycles. The van der Waals surface area contributed by atoms with Crippen molar-refractivity contribution >= 4 is 28.9 Å². The second-order valence-electron chi connectivity index (χ2n) is 4.24. The summed E-state index contributed by atoms with van der Waals surface area (Å²) in [6.07, 6.45) is -1.18. The summed E-state index contributed by atoms with van der Waals surface area (Å²) in [6.45, 7) is 3.76. The molecule has 0 saturated carbocycles. The lowest BCUT2D eigenvalue weighted by Crippen LogP contribution is -2.05. The highest BCUT2D eigenvalue weighted by atomic mass is 35.5. The standard InChI is InChI=1S/C14H15Cl2F2NO3/c1-9(2)19-22-6-5-21-14-11(15)7-10(8-12(14)16)20-4-3-13(17)18/h3,7-8H,4-6H2,1-2H3. The Bertz CT molecular complexity index is 534. The Hall–Kier alpha value is -1.53. The van der Waals surface area contributed by atoms with Crippen molar-refractivity contribution in [2.24, 2.45) is 5.16 Å².